The average molecular weight is 549 g/mol. The van der Waals surface area contributed by atoms with Gasteiger partial charge >= 0.3 is 0 Å². The number of hydrogen-bond acceptors (Lipinski definition) is 4. The SMILES string of the molecule is I.NC(=NCCCS(=O)(=O)c1ccccc1)N1CCN(c2ccc(Cl)cc2)CC1. The van der Waals surface area contributed by atoms with Crippen LogP contribution in [0.3, 0.4) is 0 Å². The number of nitrogens with two attached hydrogens (primary N) is 1. The number of halogens is 2. The van der Waals surface area contributed by atoms with Crippen LogP contribution in [0.5, 0.6) is 0 Å². The summed E-state index contributed by atoms with van der Waals surface area (Å²) in [6, 6.07) is 16.3. The van der Waals surface area contributed by atoms with Gasteiger partial charge in [0.05, 0.1) is 10.6 Å². The Morgan fingerprint density at radius 3 is 2.24 bits per heavy atom. The quantitative estimate of drug-likeness (QED) is 0.260. The molecule has 9 heteroatoms. The van der Waals surface area contributed by atoms with E-state index in [-0.39, 0.29) is 29.7 Å². The van der Waals surface area contributed by atoms with Crippen LogP contribution in [0.15, 0.2) is 64.5 Å². The predicted octanol–water partition coefficient (Wildman–Crippen LogP) is 3.26. The summed E-state index contributed by atoms with van der Waals surface area (Å²) in [4.78, 5) is 9.05. The van der Waals surface area contributed by atoms with Gasteiger partial charge in [0.15, 0.2) is 15.8 Å². The smallest absolute Gasteiger partial charge is 0.191 e. The molecule has 0 amide bonds. The Morgan fingerprint density at radius 1 is 1.00 bits per heavy atom. The molecule has 1 aliphatic rings. The zero-order valence-electron chi connectivity index (χ0n) is 16.1. The highest BCUT2D eigenvalue weighted by atomic mass is 127. The van der Waals surface area contributed by atoms with Crippen molar-refractivity contribution in [3.63, 3.8) is 0 Å². The summed E-state index contributed by atoms with van der Waals surface area (Å²) in [5.41, 5.74) is 7.25. The maximum absolute atomic E-state index is 12.3. The molecule has 6 nitrogen and oxygen atoms in total. The van der Waals surface area contributed by atoms with E-state index in [1.165, 1.54) is 0 Å². The molecule has 0 aliphatic carbocycles. The zero-order chi connectivity index (χ0) is 20.0. The number of nitrogens with zero attached hydrogens (tertiary/aromatic N) is 3. The van der Waals surface area contributed by atoms with Crippen LogP contribution in [0, 0.1) is 0 Å². The van der Waals surface area contributed by atoms with Crippen molar-refractivity contribution in [2.24, 2.45) is 10.7 Å². The van der Waals surface area contributed by atoms with E-state index in [1.54, 1.807) is 30.3 Å². The van der Waals surface area contributed by atoms with Crippen molar-refractivity contribution < 1.29 is 8.42 Å². The molecule has 0 bridgehead atoms. The number of benzene rings is 2. The van der Waals surface area contributed by atoms with E-state index < -0.39 is 9.84 Å². The highest BCUT2D eigenvalue weighted by molar-refractivity contribution is 14.0. The zero-order valence-corrected chi connectivity index (χ0v) is 20.0. The third kappa shape index (κ3) is 6.75. The maximum atomic E-state index is 12.3. The molecule has 0 atom stereocenters. The molecule has 2 aromatic rings. The number of rotatable bonds is 6. The van der Waals surface area contributed by atoms with Crippen LogP contribution in [0.4, 0.5) is 5.69 Å². The molecule has 29 heavy (non-hydrogen) atoms. The number of aliphatic imine (C=N–C) groups is 1. The van der Waals surface area contributed by atoms with Gasteiger partial charge in [-0.1, -0.05) is 29.8 Å². The van der Waals surface area contributed by atoms with Crippen molar-refractivity contribution in [1.29, 1.82) is 0 Å². The van der Waals surface area contributed by atoms with Crippen LogP contribution in [0.25, 0.3) is 0 Å². The standard InChI is InChI=1S/C20H25ClN4O2S.HI/c21-17-7-9-18(10-8-17)24-12-14-25(15-13-24)20(22)23-11-4-16-28(26,27)19-5-2-1-3-6-19;/h1-3,5-10H,4,11-16H2,(H2,22,23);1H. The largest absolute Gasteiger partial charge is 0.370 e. The molecular formula is C20H26ClIN4O2S. The molecule has 158 valence electrons. The van der Waals surface area contributed by atoms with Crippen molar-refractivity contribution in [2.45, 2.75) is 11.3 Å². The lowest BCUT2D eigenvalue weighted by Gasteiger charge is -2.36. The van der Waals surface area contributed by atoms with Crippen LogP contribution in [-0.2, 0) is 9.84 Å². The van der Waals surface area contributed by atoms with E-state index in [0.29, 0.717) is 23.8 Å². The molecule has 1 aliphatic heterocycles. The van der Waals surface area contributed by atoms with E-state index in [1.807, 2.05) is 29.2 Å². The number of hydrogen-bond donors (Lipinski definition) is 1. The molecule has 0 saturated carbocycles. The topological polar surface area (TPSA) is 79.0 Å². The number of sulfone groups is 1. The normalized spacial score (nSPS) is 15.1. The summed E-state index contributed by atoms with van der Waals surface area (Å²) >= 11 is 5.94. The summed E-state index contributed by atoms with van der Waals surface area (Å²) in [5.74, 6) is 0.547. The van der Waals surface area contributed by atoms with Crippen LogP contribution in [0.1, 0.15) is 6.42 Å². The highest BCUT2D eigenvalue weighted by Gasteiger charge is 2.18. The fourth-order valence-corrected chi connectivity index (χ4v) is 4.58. The van der Waals surface area contributed by atoms with Gasteiger partial charge in [0.1, 0.15) is 0 Å². The maximum Gasteiger partial charge on any atom is 0.191 e. The van der Waals surface area contributed by atoms with Crippen LogP contribution < -0.4 is 10.6 Å². The summed E-state index contributed by atoms with van der Waals surface area (Å²) in [5, 5.41) is 0.730. The van der Waals surface area contributed by atoms with E-state index >= 15 is 0 Å². The van der Waals surface area contributed by atoms with E-state index in [9.17, 15) is 8.42 Å². The molecule has 0 unspecified atom stereocenters. The van der Waals surface area contributed by atoms with Crippen LogP contribution in [0.2, 0.25) is 5.02 Å². The summed E-state index contributed by atoms with van der Waals surface area (Å²) in [6.45, 7) is 3.65. The predicted molar refractivity (Wildman–Crippen MR) is 130 cm³/mol. The van der Waals surface area contributed by atoms with Gasteiger partial charge in [-0.15, -0.1) is 24.0 Å². The van der Waals surface area contributed by atoms with E-state index in [4.69, 9.17) is 17.3 Å². The lowest BCUT2D eigenvalue weighted by Crippen LogP contribution is -2.51. The first kappa shape index (κ1) is 23.8. The molecular weight excluding hydrogens is 523 g/mol. The number of guanidine groups is 1. The molecule has 0 spiro atoms. The minimum absolute atomic E-state index is 0. The Balaban J connectivity index is 0.00000300. The van der Waals surface area contributed by atoms with Gasteiger partial charge < -0.3 is 15.5 Å². The average Bonchev–Trinajstić information content (AvgIpc) is 2.72. The van der Waals surface area contributed by atoms with Crippen molar-refractivity contribution in [1.82, 2.24) is 4.90 Å². The molecule has 0 aromatic heterocycles. The van der Waals surface area contributed by atoms with Crippen molar-refractivity contribution >= 4 is 57.1 Å². The van der Waals surface area contributed by atoms with Gasteiger partial charge in [-0.3, -0.25) is 4.99 Å². The molecule has 1 fully saturated rings. The summed E-state index contributed by atoms with van der Waals surface area (Å²) in [7, 11) is -3.26. The van der Waals surface area contributed by atoms with Crippen LogP contribution >= 0.6 is 35.6 Å². The van der Waals surface area contributed by atoms with Gasteiger partial charge in [0.2, 0.25) is 0 Å². The van der Waals surface area contributed by atoms with Gasteiger partial charge in [-0.05, 0) is 42.8 Å². The molecule has 0 radical (unpaired) electrons. The van der Waals surface area contributed by atoms with Crippen molar-refractivity contribution in [2.75, 3.05) is 43.4 Å². The van der Waals surface area contributed by atoms with Crippen LogP contribution in [-0.4, -0.2) is 57.8 Å². The highest BCUT2D eigenvalue weighted by Crippen LogP contribution is 2.19. The fourth-order valence-electron chi connectivity index (χ4n) is 3.14. The Hall–Kier alpha value is -1.52. The first-order valence-electron chi connectivity index (χ1n) is 9.29. The molecule has 1 heterocycles. The lowest BCUT2D eigenvalue weighted by atomic mass is 10.2. The monoisotopic (exact) mass is 548 g/mol. The minimum Gasteiger partial charge on any atom is -0.370 e. The Labute approximate surface area is 194 Å². The van der Waals surface area contributed by atoms with Gasteiger partial charge in [0.25, 0.3) is 0 Å². The lowest BCUT2D eigenvalue weighted by molar-refractivity contribution is 0.381. The second-order valence-electron chi connectivity index (χ2n) is 6.68. The second-order valence-corrected chi connectivity index (χ2v) is 9.22. The van der Waals surface area contributed by atoms with Crippen molar-refractivity contribution in [3.05, 3.63) is 59.6 Å². The molecule has 1 saturated heterocycles. The number of anilines is 1. The third-order valence-corrected chi connectivity index (χ3v) is 6.81. The second kappa shape index (κ2) is 11.0. The fraction of sp³-hybridized carbons (Fsp3) is 0.350. The number of piperazine rings is 1. The first-order valence-corrected chi connectivity index (χ1v) is 11.3. The van der Waals surface area contributed by atoms with Gasteiger partial charge in [0, 0.05) is 43.4 Å². The van der Waals surface area contributed by atoms with E-state index in [0.717, 1.165) is 36.9 Å². The molecule has 2 aromatic carbocycles. The summed E-state index contributed by atoms with van der Waals surface area (Å²) < 4.78 is 24.5. The van der Waals surface area contributed by atoms with Gasteiger partial charge in [-0.25, -0.2) is 8.42 Å². The molecule has 2 N–H and O–H groups in total. The first-order chi connectivity index (χ1) is 13.5. The minimum atomic E-state index is -3.26. The Kier molecular flexibility index (Phi) is 9.04. The van der Waals surface area contributed by atoms with E-state index in [2.05, 4.69) is 9.89 Å². The Morgan fingerprint density at radius 2 is 1.62 bits per heavy atom. The van der Waals surface area contributed by atoms with Crippen molar-refractivity contribution in [3.8, 4) is 0 Å². The van der Waals surface area contributed by atoms with Gasteiger partial charge in [-0.2, -0.15) is 0 Å². The summed E-state index contributed by atoms with van der Waals surface area (Å²) in [6.07, 6.45) is 0.447. The Bertz CT molecular complexity index is 900. The third-order valence-electron chi connectivity index (χ3n) is 4.74. The molecule has 3 rings (SSSR count).